The molecule has 10 rings (SSSR count). The SMILES string of the molecule is c1ccc(-n2c(-c3ccc(-c4nc5ccccc5n4-c4ccccc4)c(-c4nc5ccccc5n4-c4ccccc4)c3)nc3ccccc32)cc1. The van der Waals surface area contributed by atoms with Gasteiger partial charge in [-0.15, -0.1) is 0 Å². The lowest BCUT2D eigenvalue weighted by atomic mass is 10.0. The summed E-state index contributed by atoms with van der Waals surface area (Å²) in [6.45, 7) is 0. The Morgan fingerprint density at radius 3 is 1.10 bits per heavy atom. The molecule has 0 unspecified atom stereocenters. The maximum Gasteiger partial charge on any atom is 0.146 e. The zero-order valence-corrected chi connectivity index (χ0v) is 27.5. The highest BCUT2D eigenvalue weighted by Gasteiger charge is 2.24. The van der Waals surface area contributed by atoms with Gasteiger partial charge in [-0.05, 0) is 84.9 Å². The molecule has 0 aliphatic carbocycles. The molecule has 10 aromatic rings. The molecule has 0 saturated heterocycles. The summed E-state index contributed by atoms with van der Waals surface area (Å²) in [5, 5.41) is 0. The minimum absolute atomic E-state index is 0.827. The summed E-state index contributed by atoms with van der Waals surface area (Å²) in [7, 11) is 0. The van der Waals surface area contributed by atoms with E-state index in [1.807, 2.05) is 36.4 Å². The topological polar surface area (TPSA) is 53.5 Å². The van der Waals surface area contributed by atoms with E-state index < -0.39 is 0 Å². The van der Waals surface area contributed by atoms with Gasteiger partial charge < -0.3 is 0 Å². The number of imidazole rings is 3. The fraction of sp³-hybridized carbons (Fsp3) is 0. The molecule has 6 nitrogen and oxygen atoms in total. The Kier molecular flexibility index (Phi) is 6.70. The van der Waals surface area contributed by atoms with Crippen LogP contribution in [0.5, 0.6) is 0 Å². The number of hydrogen-bond donors (Lipinski definition) is 0. The zero-order chi connectivity index (χ0) is 33.7. The van der Waals surface area contributed by atoms with Crippen LogP contribution < -0.4 is 0 Å². The second-order valence-electron chi connectivity index (χ2n) is 12.5. The summed E-state index contributed by atoms with van der Waals surface area (Å²) >= 11 is 0. The molecule has 0 aliphatic rings. The molecule has 0 saturated carbocycles. The maximum atomic E-state index is 5.36. The molecule has 0 bridgehead atoms. The molecule has 6 heteroatoms. The van der Waals surface area contributed by atoms with Gasteiger partial charge in [-0.3, -0.25) is 13.7 Å². The van der Waals surface area contributed by atoms with E-state index >= 15 is 0 Å². The molecule has 240 valence electrons. The second-order valence-corrected chi connectivity index (χ2v) is 12.5. The van der Waals surface area contributed by atoms with Crippen LogP contribution in [-0.4, -0.2) is 28.7 Å². The van der Waals surface area contributed by atoms with Crippen molar-refractivity contribution in [2.24, 2.45) is 0 Å². The van der Waals surface area contributed by atoms with Crippen molar-refractivity contribution in [2.45, 2.75) is 0 Å². The molecule has 0 amide bonds. The third kappa shape index (κ3) is 4.76. The van der Waals surface area contributed by atoms with Crippen molar-refractivity contribution in [3.05, 3.63) is 182 Å². The van der Waals surface area contributed by atoms with E-state index in [0.29, 0.717) is 0 Å². The normalized spacial score (nSPS) is 11.5. The highest BCUT2D eigenvalue weighted by Crippen LogP contribution is 2.40. The van der Waals surface area contributed by atoms with Crippen LogP contribution in [0.2, 0.25) is 0 Å². The van der Waals surface area contributed by atoms with Crippen molar-refractivity contribution < 1.29 is 0 Å². The lowest BCUT2D eigenvalue weighted by molar-refractivity contribution is 1.08. The summed E-state index contributed by atoms with van der Waals surface area (Å²) in [4.78, 5) is 15.9. The first-order valence-electron chi connectivity index (χ1n) is 17.1. The summed E-state index contributed by atoms with van der Waals surface area (Å²) < 4.78 is 6.75. The summed E-state index contributed by atoms with van der Waals surface area (Å²) in [5.41, 5.74) is 11.9. The van der Waals surface area contributed by atoms with Crippen LogP contribution in [0.3, 0.4) is 0 Å². The van der Waals surface area contributed by atoms with Crippen LogP contribution in [0.4, 0.5) is 0 Å². The van der Waals surface area contributed by atoms with Crippen LogP contribution in [0.25, 0.3) is 84.3 Å². The van der Waals surface area contributed by atoms with Gasteiger partial charge in [-0.25, -0.2) is 15.0 Å². The molecule has 0 fully saturated rings. The molecule has 51 heavy (non-hydrogen) atoms. The van der Waals surface area contributed by atoms with Crippen LogP contribution in [0.15, 0.2) is 182 Å². The van der Waals surface area contributed by atoms with Gasteiger partial charge in [0.05, 0.1) is 33.1 Å². The molecule has 0 spiro atoms. The predicted molar refractivity (Wildman–Crippen MR) is 207 cm³/mol. The zero-order valence-electron chi connectivity index (χ0n) is 27.5. The molecular formula is C45H30N6. The number of rotatable bonds is 6. The number of hydrogen-bond acceptors (Lipinski definition) is 3. The van der Waals surface area contributed by atoms with Crippen molar-refractivity contribution in [1.29, 1.82) is 0 Å². The molecule has 3 heterocycles. The van der Waals surface area contributed by atoms with Gasteiger partial charge in [0.25, 0.3) is 0 Å². The van der Waals surface area contributed by atoms with Crippen molar-refractivity contribution in [3.63, 3.8) is 0 Å². The Hall–Kier alpha value is -7.05. The predicted octanol–water partition coefficient (Wildman–Crippen LogP) is 10.7. The Morgan fingerprint density at radius 1 is 0.294 bits per heavy atom. The third-order valence-corrected chi connectivity index (χ3v) is 9.49. The van der Waals surface area contributed by atoms with Gasteiger partial charge >= 0.3 is 0 Å². The Balaban J connectivity index is 1.32. The van der Waals surface area contributed by atoms with Crippen LogP contribution >= 0.6 is 0 Å². The Labute approximate surface area is 294 Å². The minimum Gasteiger partial charge on any atom is -0.292 e. The fourth-order valence-electron chi connectivity index (χ4n) is 7.21. The van der Waals surface area contributed by atoms with E-state index in [4.69, 9.17) is 15.0 Å². The number of para-hydroxylation sites is 9. The van der Waals surface area contributed by atoms with Gasteiger partial charge in [0, 0.05) is 33.8 Å². The summed E-state index contributed by atoms with van der Waals surface area (Å²) in [6.07, 6.45) is 0. The minimum atomic E-state index is 0.827. The molecule has 0 radical (unpaired) electrons. The molecule has 0 N–H and O–H groups in total. The number of fused-ring (bicyclic) bond motifs is 3. The largest absolute Gasteiger partial charge is 0.292 e. The standard InChI is InChI=1S/C45H30N6/c1-4-16-32(17-5-1)49-40-25-13-10-22-37(40)46-43(49)31-28-29-35(44-47-38-23-11-14-26-41(38)50(44)33-18-6-2-7-19-33)36(30-31)45-48-39-24-12-15-27-42(39)51(45)34-20-8-3-9-21-34/h1-30H. The summed E-state index contributed by atoms with van der Waals surface area (Å²) in [5.74, 6) is 2.52. The van der Waals surface area contributed by atoms with E-state index in [9.17, 15) is 0 Å². The van der Waals surface area contributed by atoms with E-state index in [-0.39, 0.29) is 0 Å². The Morgan fingerprint density at radius 2 is 0.647 bits per heavy atom. The van der Waals surface area contributed by atoms with Crippen LogP contribution in [-0.2, 0) is 0 Å². The summed E-state index contributed by atoms with van der Waals surface area (Å²) in [6, 6.07) is 62.9. The average molecular weight is 655 g/mol. The molecule has 3 aromatic heterocycles. The van der Waals surface area contributed by atoms with Gasteiger partial charge in [0.1, 0.15) is 17.5 Å². The van der Waals surface area contributed by atoms with Crippen LogP contribution in [0.1, 0.15) is 0 Å². The second kappa shape index (κ2) is 11.8. The number of nitrogens with zero attached hydrogens (tertiary/aromatic N) is 6. The average Bonchev–Trinajstić information content (AvgIpc) is 3.91. The highest BCUT2D eigenvalue weighted by atomic mass is 15.1. The monoisotopic (exact) mass is 654 g/mol. The maximum absolute atomic E-state index is 5.36. The first kappa shape index (κ1) is 28.9. The molecule has 0 atom stereocenters. The molecular weight excluding hydrogens is 625 g/mol. The number of aromatic nitrogens is 6. The van der Waals surface area contributed by atoms with Gasteiger partial charge in [0.2, 0.25) is 0 Å². The smallest absolute Gasteiger partial charge is 0.146 e. The van der Waals surface area contributed by atoms with Gasteiger partial charge in [-0.1, -0.05) is 97.1 Å². The fourth-order valence-corrected chi connectivity index (χ4v) is 7.21. The first-order chi connectivity index (χ1) is 25.3. The van der Waals surface area contributed by atoms with Crippen molar-refractivity contribution in [2.75, 3.05) is 0 Å². The van der Waals surface area contributed by atoms with E-state index in [1.165, 1.54) is 0 Å². The quantitative estimate of drug-likeness (QED) is 0.179. The number of benzene rings is 7. The van der Waals surface area contributed by atoms with Crippen molar-refractivity contribution >= 4 is 33.1 Å². The molecule has 0 aliphatic heterocycles. The first-order valence-corrected chi connectivity index (χ1v) is 17.1. The van der Waals surface area contributed by atoms with E-state index in [1.54, 1.807) is 0 Å². The Bertz CT molecular complexity index is 2850. The molecule has 7 aromatic carbocycles. The van der Waals surface area contributed by atoms with E-state index in [0.717, 1.165) is 84.3 Å². The van der Waals surface area contributed by atoms with Crippen LogP contribution in [0, 0.1) is 0 Å². The van der Waals surface area contributed by atoms with E-state index in [2.05, 4.69) is 159 Å². The third-order valence-electron chi connectivity index (χ3n) is 9.49. The van der Waals surface area contributed by atoms with Gasteiger partial charge in [0.15, 0.2) is 0 Å². The van der Waals surface area contributed by atoms with Crippen molar-refractivity contribution in [1.82, 2.24) is 28.7 Å². The van der Waals surface area contributed by atoms with Crippen molar-refractivity contribution in [3.8, 4) is 51.2 Å². The lowest BCUT2D eigenvalue weighted by Crippen LogP contribution is -2.03. The highest BCUT2D eigenvalue weighted by molar-refractivity contribution is 5.93. The lowest BCUT2D eigenvalue weighted by Gasteiger charge is -2.17. The van der Waals surface area contributed by atoms with Gasteiger partial charge in [-0.2, -0.15) is 0 Å².